The van der Waals surface area contributed by atoms with E-state index < -0.39 is 17.6 Å². The molecule has 7 rings (SSSR count). The highest BCUT2D eigenvalue weighted by atomic mass is 32.1. The predicted molar refractivity (Wildman–Crippen MR) is 153 cm³/mol. The van der Waals surface area contributed by atoms with Crippen LogP contribution in [0.15, 0.2) is 48.5 Å². The number of carbonyl (C=O) groups is 1. The minimum absolute atomic E-state index is 0.121. The van der Waals surface area contributed by atoms with Crippen LogP contribution in [0.1, 0.15) is 52.0 Å². The van der Waals surface area contributed by atoms with E-state index in [0.29, 0.717) is 36.6 Å². The Bertz CT molecular complexity index is 1800. The summed E-state index contributed by atoms with van der Waals surface area (Å²) in [6.07, 6.45) is 4.05. The molecule has 0 radical (unpaired) electrons. The molecule has 2 aromatic heterocycles. The summed E-state index contributed by atoms with van der Waals surface area (Å²) in [4.78, 5) is 19.8. The number of nitrogens with zero attached hydrogens (tertiary/aromatic N) is 4. The van der Waals surface area contributed by atoms with Crippen molar-refractivity contribution in [2.24, 2.45) is 0 Å². The normalized spacial score (nSPS) is 21.6. The maximum absolute atomic E-state index is 14.9. The minimum atomic E-state index is -1.35. The van der Waals surface area contributed by atoms with Crippen molar-refractivity contribution >= 4 is 33.2 Å². The molecule has 3 aliphatic rings. The van der Waals surface area contributed by atoms with Gasteiger partial charge in [0.05, 0.1) is 36.4 Å². The van der Waals surface area contributed by atoms with Crippen molar-refractivity contribution in [1.82, 2.24) is 14.5 Å². The van der Waals surface area contributed by atoms with E-state index >= 15 is 0 Å². The van der Waals surface area contributed by atoms with Crippen LogP contribution in [0.3, 0.4) is 0 Å². The molecule has 0 amide bonds. The van der Waals surface area contributed by atoms with Crippen LogP contribution in [-0.4, -0.2) is 51.3 Å². The van der Waals surface area contributed by atoms with Gasteiger partial charge in [-0.1, -0.05) is 18.2 Å². The molecule has 0 unspecified atom stereocenters. The molecule has 2 atom stereocenters. The van der Waals surface area contributed by atoms with E-state index in [4.69, 9.17) is 24.5 Å². The molecule has 0 saturated carbocycles. The Morgan fingerprint density at radius 2 is 2.14 bits per heavy atom. The second-order valence-corrected chi connectivity index (χ2v) is 11.9. The smallest absolute Gasteiger partial charge is 0.346 e. The van der Waals surface area contributed by atoms with E-state index in [1.807, 2.05) is 24.3 Å². The van der Waals surface area contributed by atoms with Gasteiger partial charge in [0.25, 0.3) is 5.79 Å². The number of imidazole rings is 1. The Labute approximate surface area is 245 Å². The van der Waals surface area contributed by atoms with Crippen LogP contribution in [0.25, 0.3) is 15.9 Å². The maximum atomic E-state index is 14.9. The lowest BCUT2D eigenvalue weighted by molar-refractivity contribution is -0.0708. The lowest BCUT2D eigenvalue weighted by atomic mass is 9.98. The zero-order valence-corrected chi connectivity index (χ0v) is 23.6. The van der Waals surface area contributed by atoms with Crippen LogP contribution >= 0.6 is 11.3 Å². The van der Waals surface area contributed by atoms with Gasteiger partial charge < -0.3 is 23.9 Å². The van der Waals surface area contributed by atoms with Crippen LogP contribution in [0.2, 0.25) is 0 Å². The second kappa shape index (κ2) is 10.2. The molecule has 1 saturated heterocycles. The van der Waals surface area contributed by atoms with Crippen LogP contribution < -0.4 is 9.47 Å². The fourth-order valence-corrected chi connectivity index (χ4v) is 6.72. The summed E-state index contributed by atoms with van der Waals surface area (Å²) >= 11 is 1.25. The molecule has 214 valence electrons. The van der Waals surface area contributed by atoms with Gasteiger partial charge in [0.2, 0.25) is 0 Å². The number of thiophene rings is 1. The molecule has 0 bridgehead atoms. The largest absolute Gasteiger partial charge is 0.477 e. The molecule has 9 nitrogen and oxygen atoms in total. The summed E-state index contributed by atoms with van der Waals surface area (Å²) in [5, 5.41) is 18.6. The third-order valence-electron chi connectivity index (χ3n) is 8.06. The number of aromatic carboxylic acids is 1. The van der Waals surface area contributed by atoms with Crippen molar-refractivity contribution < 1.29 is 28.5 Å². The van der Waals surface area contributed by atoms with E-state index in [0.717, 1.165) is 47.8 Å². The van der Waals surface area contributed by atoms with Crippen molar-refractivity contribution in [2.75, 3.05) is 19.7 Å². The van der Waals surface area contributed by atoms with Crippen molar-refractivity contribution in [3.05, 3.63) is 81.7 Å². The first-order valence-corrected chi connectivity index (χ1v) is 14.6. The number of hydrogen-bond acceptors (Lipinski definition) is 8. The van der Waals surface area contributed by atoms with Gasteiger partial charge in [0.15, 0.2) is 11.5 Å². The van der Waals surface area contributed by atoms with Gasteiger partial charge in [-0.2, -0.15) is 5.26 Å². The monoisotopic (exact) mass is 586 g/mol. The SMILES string of the molecule is C[C@]1(c2ccc(C#N)cc2F)Oc2cccc(C3=CCN(Cc4nc5cc(C(=O)O)sc5n4C[C@@H]4CCO4)CC3)c2O1. The number of aromatic nitrogens is 2. The number of benzene rings is 2. The van der Waals surface area contributed by atoms with E-state index in [9.17, 15) is 14.3 Å². The predicted octanol–water partition coefficient (Wildman–Crippen LogP) is 5.53. The highest BCUT2D eigenvalue weighted by Crippen LogP contribution is 2.49. The quantitative estimate of drug-likeness (QED) is 0.301. The van der Waals surface area contributed by atoms with Crippen LogP contribution in [0, 0.1) is 17.1 Å². The Balaban J connectivity index is 1.10. The molecule has 1 fully saturated rings. The fraction of sp³-hybridized carbons (Fsp3) is 0.323. The first-order chi connectivity index (χ1) is 20.3. The number of fused-ring (bicyclic) bond motifs is 2. The molecule has 1 N–H and O–H groups in total. The summed E-state index contributed by atoms with van der Waals surface area (Å²) in [7, 11) is 0. The third kappa shape index (κ3) is 4.61. The van der Waals surface area contributed by atoms with Crippen molar-refractivity contribution in [1.29, 1.82) is 5.26 Å². The molecular weight excluding hydrogens is 559 g/mol. The van der Waals surface area contributed by atoms with Gasteiger partial charge in [0, 0.05) is 32.2 Å². The van der Waals surface area contributed by atoms with Crippen molar-refractivity contribution in [3.8, 4) is 17.6 Å². The van der Waals surface area contributed by atoms with Crippen LogP contribution in [0.4, 0.5) is 4.39 Å². The molecule has 11 heteroatoms. The number of halogens is 1. The lowest BCUT2D eigenvalue weighted by Crippen LogP contribution is -2.33. The topological polar surface area (TPSA) is 110 Å². The second-order valence-electron chi connectivity index (χ2n) is 10.8. The highest BCUT2D eigenvalue weighted by Gasteiger charge is 2.42. The maximum Gasteiger partial charge on any atom is 0.346 e. The standard InChI is InChI=1S/C31H27FN4O5S/c1-31(22-6-5-18(15-33)13-23(22)32)40-25-4-2-3-21(28(25)41-31)19-7-10-35(11-8-19)17-27-34-24-14-26(30(37)38)42-29(24)36(27)16-20-9-12-39-20/h2-7,13-14,20H,8-12,16-17H2,1H3,(H,37,38)/t20-,31-/m0/s1. The third-order valence-corrected chi connectivity index (χ3v) is 9.20. The zero-order chi connectivity index (χ0) is 29.0. The van der Waals surface area contributed by atoms with E-state index in [1.54, 1.807) is 19.1 Å². The number of carboxylic acid groups (broad SMARTS) is 1. The number of nitriles is 1. The van der Waals surface area contributed by atoms with Gasteiger partial charge in [-0.15, -0.1) is 11.3 Å². The molecule has 42 heavy (non-hydrogen) atoms. The molecule has 5 heterocycles. The Hall–Kier alpha value is -4.24. The molecule has 2 aromatic carbocycles. The zero-order valence-electron chi connectivity index (χ0n) is 22.8. The van der Waals surface area contributed by atoms with E-state index in [1.165, 1.54) is 23.5 Å². The van der Waals surface area contributed by atoms with Gasteiger partial charge in [-0.25, -0.2) is 14.2 Å². The molecular formula is C31H27FN4O5S. The molecule has 4 aromatic rings. The van der Waals surface area contributed by atoms with Crippen molar-refractivity contribution in [2.45, 2.75) is 44.7 Å². The number of carboxylic acids is 1. The lowest BCUT2D eigenvalue weighted by Gasteiger charge is -2.29. The number of ether oxygens (including phenoxy) is 3. The summed E-state index contributed by atoms with van der Waals surface area (Å²) in [5.74, 6) is -0.828. The minimum Gasteiger partial charge on any atom is -0.477 e. The summed E-state index contributed by atoms with van der Waals surface area (Å²) < 4.78 is 35.1. The number of rotatable bonds is 7. The Kier molecular flexibility index (Phi) is 6.50. The Morgan fingerprint density at radius 3 is 2.83 bits per heavy atom. The van der Waals surface area contributed by atoms with E-state index in [-0.39, 0.29) is 22.1 Å². The number of para-hydroxylation sites is 1. The van der Waals surface area contributed by atoms with Crippen LogP contribution in [0.5, 0.6) is 11.5 Å². The first kappa shape index (κ1) is 26.6. The van der Waals surface area contributed by atoms with Crippen LogP contribution in [-0.2, 0) is 23.6 Å². The summed E-state index contributed by atoms with van der Waals surface area (Å²) in [5.41, 5.74) is 3.20. The number of hydrogen-bond donors (Lipinski definition) is 1. The van der Waals surface area contributed by atoms with Crippen molar-refractivity contribution in [3.63, 3.8) is 0 Å². The first-order valence-electron chi connectivity index (χ1n) is 13.8. The summed E-state index contributed by atoms with van der Waals surface area (Å²) in [6.45, 7) is 5.21. The molecule has 0 spiro atoms. The fourth-order valence-electron chi connectivity index (χ4n) is 5.75. The van der Waals surface area contributed by atoms with E-state index in [2.05, 4.69) is 15.5 Å². The van der Waals surface area contributed by atoms with Gasteiger partial charge in [-0.3, -0.25) is 4.90 Å². The van der Waals surface area contributed by atoms with Gasteiger partial charge >= 0.3 is 5.97 Å². The highest BCUT2D eigenvalue weighted by molar-refractivity contribution is 7.20. The van der Waals surface area contributed by atoms with Gasteiger partial charge in [0.1, 0.15) is 26.9 Å². The summed E-state index contributed by atoms with van der Waals surface area (Å²) in [6, 6.07) is 13.6. The molecule has 0 aliphatic carbocycles. The molecule has 3 aliphatic heterocycles. The Morgan fingerprint density at radius 1 is 1.29 bits per heavy atom. The average molecular weight is 587 g/mol. The average Bonchev–Trinajstić information content (AvgIpc) is 3.62. The van der Waals surface area contributed by atoms with Gasteiger partial charge in [-0.05, 0) is 48.7 Å².